The summed E-state index contributed by atoms with van der Waals surface area (Å²) in [5.74, 6) is 0.494. The monoisotopic (exact) mass is 214 g/mol. The van der Waals surface area contributed by atoms with E-state index in [0.717, 1.165) is 22.3 Å². The first kappa shape index (κ1) is 10.6. The molecule has 0 saturated carbocycles. The zero-order valence-corrected chi connectivity index (χ0v) is 9.36. The molecule has 0 spiro atoms. The lowest BCUT2D eigenvalue weighted by Crippen LogP contribution is -1.86. The molecule has 0 aliphatic carbocycles. The van der Waals surface area contributed by atoms with Crippen LogP contribution in [0.25, 0.3) is 11.1 Å². The van der Waals surface area contributed by atoms with Gasteiger partial charge in [0.15, 0.2) is 0 Å². The molecule has 2 rings (SSSR count). The third kappa shape index (κ3) is 1.74. The Hall–Kier alpha value is -1.96. The number of phenols is 2. The lowest BCUT2D eigenvalue weighted by molar-refractivity contribution is 0.470. The van der Waals surface area contributed by atoms with E-state index in [0.29, 0.717) is 0 Å². The quantitative estimate of drug-likeness (QED) is 0.764. The summed E-state index contributed by atoms with van der Waals surface area (Å²) >= 11 is 0. The van der Waals surface area contributed by atoms with Crippen LogP contribution in [0, 0.1) is 13.8 Å². The third-order valence-electron chi connectivity index (χ3n) is 2.72. The van der Waals surface area contributed by atoms with Crippen molar-refractivity contribution in [3.63, 3.8) is 0 Å². The Balaban J connectivity index is 2.69. The maximum atomic E-state index is 9.79. The van der Waals surface area contributed by atoms with E-state index in [-0.39, 0.29) is 11.5 Å². The lowest BCUT2D eigenvalue weighted by Gasteiger charge is -2.10. The zero-order chi connectivity index (χ0) is 11.7. The summed E-state index contributed by atoms with van der Waals surface area (Å²) < 4.78 is 0. The Morgan fingerprint density at radius 1 is 0.812 bits per heavy atom. The Morgan fingerprint density at radius 2 is 1.50 bits per heavy atom. The van der Waals surface area contributed by atoms with Crippen LogP contribution < -0.4 is 0 Å². The van der Waals surface area contributed by atoms with Crippen molar-refractivity contribution in [1.29, 1.82) is 0 Å². The summed E-state index contributed by atoms with van der Waals surface area (Å²) in [5.41, 5.74) is 3.38. The maximum absolute atomic E-state index is 9.79. The van der Waals surface area contributed by atoms with Gasteiger partial charge < -0.3 is 10.2 Å². The van der Waals surface area contributed by atoms with Crippen molar-refractivity contribution >= 4 is 0 Å². The molecule has 0 saturated heterocycles. The largest absolute Gasteiger partial charge is 0.508 e. The number of rotatable bonds is 1. The average molecular weight is 214 g/mol. The Morgan fingerprint density at radius 3 is 2.19 bits per heavy atom. The van der Waals surface area contributed by atoms with Crippen LogP contribution in [0.1, 0.15) is 11.1 Å². The van der Waals surface area contributed by atoms with Gasteiger partial charge in [-0.2, -0.15) is 0 Å². The molecule has 0 aliphatic heterocycles. The molecule has 2 N–H and O–H groups in total. The van der Waals surface area contributed by atoms with Gasteiger partial charge >= 0.3 is 0 Å². The molecule has 0 aliphatic rings. The molecule has 2 aromatic carbocycles. The van der Waals surface area contributed by atoms with Crippen LogP contribution in [-0.2, 0) is 0 Å². The van der Waals surface area contributed by atoms with Crippen molar-refractivity contribution in [2.45, 2.75) is 13.8 Å². The van der Waals surface area contributed by atoms with Gasteiger partial charge in [0.1, 0.15) is 11.5 Å². The minimum absolute atomic E-state index is 0.232. The fraction of sp³-hybridized carbons (Fsp3) is 0.143. The summed E-state index contributed by atoms with van der Waals surface area (Å²) in [7, 11) is 0. The third-order valence-corrected chi connectivity index (χ3v) is 2.72. The highest BCUT2D eigenvalue weighted by atomic mass is 16.3. The van der Waals surface area contributed by atoms with Gasteiger partial charge in [0.05, 0.1) is 0 Å². The van der Waals surface area contributed by atoms with E-state index in [9.17, 15) is 10.2 Å². The summed E-state index contributed by atoms with van der Waals surface area (Å²) in [4.78, 5) is 0. The van der Waals surface area contributed by atoms with E-state index in [1.54, 1.807) is 18.2 Å². The molecule has 2 heteroatoms. The molecule has 0 atom stereocenters. The molecular weight excluding hydrogens is 200 g/mol. The number of hydrogen-bond donors (Lipinski definition) is 2. The molecule has 0 bridgehead atoms. The molecule has 0 heterocycles. The fourth-order valence-corrected chi connectivity index (χ4v) is 1.82. The number of phenolic OH excluding ortho intramolecular Hbond substituents is 2. The van der Waals surface area contributed by atoms with Crippen LogP contribution in [0.5, 0.6) is 11.5 Å². The van der Waals surface area contributed by atoms with Crippen molar-refractivity contribution in [2.75, 3.05) is 0 Å². The van der Waals surface area contributed by atoms with Gasteiger partial charge in [0.25, 0.3) is 0 Å². The van der Waals surface area contributed by atoms with Crippen molar-refractivity contribution in [1.82, 2.24) is 0 Å². The molecule has 0 unspecified atom stereocenters. The second kappa shape index (κ2) is 3.89. The van der Waals surface area contributed by atoms with E-state index in [1.165, 1.54) is 0 Å². The summed E-state index contributed by atoms with van der Waals surface area (Å²) in [5, 5.41) is 19.5. The predicted molar refractivity (Wildman–Crippen MR) is 64.7 cm³/mol. The number of aromatic hydroxyl groups is 2. The summed E-state index contributed by atoms with van der Waals surface area (Å²) in [6.07, 6.45) is 0. The number of benzene rings is 2. The average Bonchev–Trinajstić information content (AvgIpc) is 2.24. The van der Waals surface area contributed by atoms with Gasteiger partial charge in [0.2, 0.25) is 0 Å². The number of aryl methyl sites for hydroxylation is 1. The van der Waals surface area contributed by atoms with E-state index in [4.69, 9.17) is 0 Å². The first-order chi connectivity index (χ1) is 7.59. The van der Waals surface area contributed by atoms with Crippen LogP contribution >= 0.6 is 0 Å². The van der Waals surface area contributed by atoms with Gasteiger partial charge in [0, 0.05) is 5.56 Å². The molecule has 16 heavy (non-hydrogen) atoms. The van der Waals surface area contributed by atoms with Crippen LogP contribution in [0.2, 0.25) is 0 Å². The van der Waals surface area contributed by atoms with Gasteiger partial charge in [-0.05, 0) is 42.7 Å². The molecule has 82 valence electrons. The zero-order valence-electron chi connectivity index (χ0n) is 9.36. The molecule has 2 nitrogen and oxygen atoms in total. The van der Waals surface area contributed by atoms with Gasteiger partial charge in [-0.15, -0.1) is 0 Å². The molecule has 0 fully saturated rings. The highest BCUT2D eigenvalue weighted by Crippen LogP contribution is 2.35. The van der Waals surface area contributed by atoms with Crippen LogP contribution in [0.4, 0.5) is 0 Å². The Labute approximate surface area is 94.8 Å². The van der Waals surface area contributed by atoms with E-state index < -0.39 is 0 Å². The lowest BCUT2D eigenvalue weighted by atomic mass is 9.97. The normalized spacial score (nSPS) is 10.4. The van der Waals surface area contributed by atoms with Crippen LogP contribution in [-0.4, -0.2) is 10.2 Å². The molecular formula is C14H14O2. The molecule has 0 aromatic heterocycles. The second-order valence-corrected chi connectivity index (χ2v) is 3.97. The van der Waals surface area contributed by atoms with E-state index in [1.807, 2.05) is 32.0 Å². The SMILES string of the molecule is Cc1cc(O)c(C)c(-c2ccccc2O)c1. The maximum Gasteiger partial charge on any atom is 0.123 e. The minimum Gasteiger partial charge on any atom is -0.508 e. The van der Waals surface area contributed by atoms with Crippen molar-refractivity contribution in [2.24, 2.45) is 0 Å². The standard InChI is InChI=1S/C14H14O2/c1-9-7-12(10(2)14(16)8-9)11-5-3-4-6-13(11)15/h3-8,15-16H,1-2H3. The van der Waals surface area contributed by atoms with Crippen LogP contribution in [0.15, 0.2) is 36.4 Å². The summed E-state index contributed by atoms with van der Waals surface area (Å²) in [6, 6.07) is 10.8. The first-order valence-corrected chi connectivity index (χ1v) is 5.18. The first-order valence-electron chi connectivity index (χ1n) is 5.18. The molecule has 2 aromatic rings. The Bertz CT molecular complexity index is 530. The molecule has 0 amide bonds. The number of hydrogen-bond acceptors (Lipinski definition) is 2. The molecule has 0 radical (unpaired) electrons. The fourth-order valence-electron chi connectivity index (χ4n) is 1.82. The van der Waals surface area contributed by atoms with Crippen LogP contribution in [0.3, 0.4) is 0 Å². The highest BCUT2D eigenvalue weighted by molar-refractivity contribution is 5.75. The highest BCUT2D eigenvalue weighted by Gasteiger charge is 2.09. The van der Waals surface area contributed by atoms with Crippen molar-refractivity contribution < 1.29 is 10.2 Å². The Kier molecular flexibility index (Phi) is 2.57. The topological polar surface area (TPSA) is 40.5 Å². The van der Waals surface area contributed by atoms with Gasteiger partial charge in [-0.1, -0.05) is 24.3 Å². The van der Waals surface area contributed by atoms with Crippen molar-refractivity contribution in [3.8, 4) is 22.6 Å². The van der Waals surface area contributed by atoms with Gasteiger partial charge in [-0.3, -0.25) is 0 Å². The van der Waals surface area contributed by atoms with Crippen molar-refractivity contribution in [3.05, 3.63) is 47.5 Å². The summed E-state index contributed by atoms with van der Waals surface area (Å²) in [6.45, 7) is 3.76. The number of para-hydroxylation sites is 1. The van der Waals surface area contributed by atoms with Gasteiger partial charge in [-0.25, -0.2) is 0 Å². The van der Waals surface area contributed by atoms with E-state index >= 15 is 0 Å². The van der Waals surface area contributed by atoms with E-state index in [2.05, 4.69) is 0 Å². The second-order valence-electron chi connectivity index (χ2n) is 3.97. The predicted octanol–water partition coefficient (Wildman–Crippen LogP) is 3.38. The smallest absolute Gasteiger partial charge is 0.123 e. The minimum atomic E-state index is 0.232.